The summed E-state index contributed by atoms with van der Waals surface area (Å²) in [5.41, 5.74) is 1.88. The average molecular weight is 401 g/mol. The van der Waals surface area contributed by atoms with E-state index in [1.54, 1.807) is 36.4 Å². The van der Waals surface area contributed by atoms with E-state index in [1.165, 1.54) is 13.2 Å². The molecule has 1 heterocycles. The molecule has 5 nitrogen and oxygen atoms in total. The molecular weight excluding hydrogens is 387 g/mol. The second-order valence-corrected chi connectivity index (χ2v) is 6.51. The molecule has 0 unspecified atom stereocenters. The number of hydrogen-bond donors (Lipinski definition) is 1. The van der Waals surface area contributed by atoms with Gasteiger partial charge in [-0.1, -0.05) is 23.2 Å². The molecule has 7 heteroatoms. The van der Waals surface area contributed by atoms with Crippen molar-refractivity contribution in [2.45, 2.75) is 0 Å². The Morgan fingerprint density at radius 2 is 2.11 bits per heavy atom. The number of carbonyl (C=O) groups is 1. The van der Waals surface area contributed by atoms with E-state index in [9.17, 15) is 10.1 Å². The van der Waals surface area contributed by atoms with E-state index >= 15 is 0 Å². The van der Waals surface area contributed by atoms with Crippen LogP contribution < -0.4 is 14.8 Å². The second kappa shape index (κ2) is 8.17. The first-order valence-electron chi connectivity index (χ1n) is 7.90. The SMILES string of the molecule is COc1ccc(NC(=O)/C(C#N)=C\C2=Cc3cc(Cl)ccc3OC2)cc1Cl. The summed E-state index contributed by atoms with van der Waals surface area (Å²) in [6.07, 6.45) is 3.32. The van der Waals surface area contributed by atoms with Gasteiger partial charge in [-0.05, 0) is 54.1 Å². The molecule has 0 saturated carbocycles. The highest BCUT2D eigenvalue weighted by molar-refractivity contribution is 6.32. The molecule has 1 aliphatic heterocycles. The highest BCUT2D eigenvalue weighted by Gasteiger charge is 2.15. The van der Waals surface area contributed by atoms with Gasteiger partial charge in [0.1, 0.15) is 29.7 Å². The van der Waals surface area contributed by atoms with Gasteiger partial charge in [0.15, 0.2) is 0 Å². The van der Waals surface area contributed by atoms with Crippen LogP contribution in [0.3, 0.4) is 0 Å². The highest BCUT2D eigenvalue weighted by atomic mass is 35.5. The van der Waals surface area contributed by atoms with Crippen LogP contribution in [0, 0.1) is 11.3 Å². The normalized spacial score (nSPS) is 13.0. The Morgan fingerprint density at radius 3 is 2.81 bits per heavy atom. The molecule has 0 aliphatic carbocycles. The van der Waals surface area contributed by atoms with Gasteiger partial charge in [0.2, 0.25) is 0 Å². The van der Waals surface area contributed by atoms with Gasteiger partial charge >= 0.3 is 0 Å². The van der Waals surface area contributed by atoms with Gasteiger partial charge in [-0.15, -0.1) is 0 Å². The molecule has 1 N–H and O–H groups in total. The van der Waals surface area contributed by atoms with Gasteiger partial charge in [0.25, 0.3) is 5.91 Å². The predicted molar refractivity (Wildman–Crippen MR) is 105 cm³/mol. The third-order valence-corrected chi connectivity index (χ3v) is 4.34. The lowest BCUT2D eigenvalue weighted by Crippen LogP contribution is -2.15. The Morgan fingerprint density at radius 1 is 1.30 bits per heavy atom. The van der Waals surface area contributed by atoms with Crippen LogP contribution in [0.2, 0.25) is 10.0 Å². The topological polar surface area (TPSA) is 71.3 Å². The third-order valence-electron chi connectivity index (χ3n) is 3.81. The molecule has 0 aromatic heterocycles. The number of hydrogen-bond acceptors (Lipinski definition) is 4. The molecule has 1 amide bonds. The molecule has 136 valence electrons. The highest BCUT2D eigenvalue weighted by Crippen LogP contribution is 2.30. The fourth-order valence-corrected chi connectivity index (χ4v) is 2.96. The van der Waals surface area contributed by atoms with Gasteiger partial charge < -0.3 is 14.8 Å². The van der Waals surface area contributed by atoms with Crippen LogP contribution in [0.25, 0.3) is 6.08 Å². The number of methoxy groups -OCH3 is 1. The Bertz CT molecular complexity index is 1010. The molecule has 0 saturated heterocycles. The Balaban J connectivity index is 1.81. The maximum Gasteiger partial charge on any atom is 0.266 e. The van der Waals surface area contributed by atoms with Crippen LogP contribution in [-0.4, -0.2) is 19.6 Å². The number of amides is 1. The number of benzene rings is 2. The molecule has 0 atom stereocenters. The van der Waals surface area contributed by atoms with Crippen molar-refractivity contribution in [3.63, 3.8) is 0 Å². The fraction of sp³-hybridized carbons (Fsp3) is 0.100. The van der Waals surface area contributed by atoms with Crippen LogP contribution >= 0.6 is 23.2 Å². The van der Waals surface area contributed by atoms with Gasteiger partial charge in [0, 0.05) is 16.3 Å². The third kappa shape index (κ3) is 4.43. The predicted octanol–water partition coefficient (Wildman–Crippen LogP) is 4.87. The van der Waals surface area contributed by atoms with Gasteiger partial charge in [0.05, 0.1) is 12.1 Å². The van der Waals surface area contributed by atoms with Gasteiger partial charge in [-0.25, -0.2) is 0 Å². The van der Waals surface area contributed by atoms with E-state index in [1.807, 2.05) is 12.1 Å². The second-order valence-electron chi connectivity index (χ2n) is 5.66. The molecule has 1 aliphatic rings. The molecule has 0 fully saturated rings. The summed E-state index contributed by atoms with van der Waals surface area (Å²) in [6.45, 7) is 0.251. The first kappa shape index (κ1) is 18.8. The Kier molecular flexibility index (Phi) is 5.70. The smallest absolute Gasteiger partial charge is 0.266 e. The molecule has 0 radical (unpaired) electrons. The lowest BCUT2D eigenvalue weighted by atomic mass is 10.0. The molecule has 0 spiro atoms. The summed E-state index contributed by atoms with van der Waals surface area (Å²) in [5, 5.41) is 12.9. The van der Waals surface area contributed by atoms with Crippen LogP contribution in [0.15, 0.2) is 53.6 Å². The zero-order chi connectivity index (χ0) is 19.4. The quantitative estimate of drug-likeness (QED) is 0.586. The first-order valence-corrected chi connectivity index (χ1v) is 8.65. The number of fused-ring (bicyclic) bond motifs is 1. The van der Waals surface area contributed by atoms with E-state index in [2.05, 4.69) is 5.32 Å². The van der Waals surface area contributed by atoms with Crippen LogP contribution in [-0.2, 0) is 4.79 Å². The molecule has 2 aromatic rings. The van der Waals surface area contributed by atoms with E-state index in [0.29, 0.717) is 32.8 Å². The van der Waals surface area contributed by atoms with Gasteiger partial charge in [-0.2, -0.15) is 5.26 Å². The van der Waals surface area contributed by atoms with Crippen molar-refractivity contribution >= 4 is 40.9 Å². The van der Waals surface area contributed by atoms with E-state index in [-0.39, 0.29) is 12.2 Å². The minimum atomic E-state index is -0.545. The van der Waals surface area contributed by atoms with Crippen molar-refractivity contribution < 1.29 is 14.3 Å². The van der Waals surface area contributed by atoms with E-state index < -0.39 is 5.91 Å². The minimum Gasteiger partial charge on any atom is -0.495 e. The van der Waals surface area contributed by atoms with Crippen LogP contribution in [0.1, 0.15) is 5.56 Å². The summed E-state index contributed by atoms with van der Waals surface area (Å²) in [7, 11) is 1.50. The lowest BCUT2D eigenvalue weighted by molar-refractivity contribution is -0.112. The molecule has 27 heavy (non-hydrogen) atoms. The summed E-state index contributed by atoms with van der Waals surface area (Å²) in [6, 6.07) is 12.0. The van der Waals surface area contributed by atoms with Crippen molar-refractivity contribution in [3.8, 4) is 17.6 Å². The van der Waals surface area contributed by atoms with Crippen molar-refractivity contribution in [1.82, 2.24) is 0 Å². The summed E-state index contributed by atoms with van der Waals surface area (Å²) >= 11 is 12.0. The Labute approximate surface area is 166 Å². The van der Waals surface area contributed by atoms with E-state index in [4.69, 9.17) is 32.7 Å². The van der Waals surface area contributed by atoms with Crippen molar-refractivity contribution in [2.24, 2.45) is 0 Å². The van der Waals surface area contributed by atoms with Crippen molar-refractivity contribution in [3.05, 3.63) is 69.2 Å². The number of nitriles is 1. The van der Waals surface area contributed by atoms with Gasteiger partial charge in [-0.3, -0.25) is 4.79 Å². The van der Waals surface area contributed by atoms with E-state index in [0.717, 1.165) is 5.56 Å². The average Bonchev–Trinajstić information content (AvgIpc) is 2.65. The van der Waals surface area contributed by atoms with Crippen molar-refractivity contribution in [1.29, 1.82) is 5.26 Å². The molecular formula is C20H14Cl2N2O3. The Hall–Kier alpha value is -2.94. The number of rotatable bonds is 4. The lowest BCUT2D eigenvalue weighted by Gasteiger charge is -2.16. The number of carbonyl (C=O) groups excluding carboxylic acids is 1. The molecule has 2 aromatic carbocycles. The molecule has 0 bridgehead atoms. The summed E-state index contributed by atoms with van der Waals surface area (Å²) < 4.78 is 10.7. The number of nitrogens with one attached hydrogen (secondary N) is 1. The standard InChI is InChI=1S/C20H14Cl2N2O3/c1-26-19-5-3-16(9-17(19)22)24-20(25)14(10-23)7-12-6-13-8-15(21)2-4-18(13)27-11-12/h2-9H,11H2,1H3,(H,24,25)/b14-7-. The number of ether oxygens (including phenoxy) is 2. The number of anilines is 1. The maximum absolute atomic E-state index is 12.4. The molecule has 3 rings (SSSR count). The monoisotopic (exact) mass is 400 g/mol. The first-order chi connectivity index (χ1) is 13.0. The number of nitrogens with zero attached hydrogens (tertiary/aromatic N) is 1. The van der Waals surface area contributed by atoms with Crippen LogP contribution in [0.5, 0.6) is 11.5 Å². The zero-order valence-electron chi connectivity index (χ0n) is 14.3. The fourth-order valence-electron chi connectivity index (χ4n) is 2.53. The van der Waals surface area contributed by atoms with Crippen molar-refractivity contribution in [2.75, 3.05) is 19.0 Å². The number of halogens is 2. The zero-order valence-corrected chi connectivity index (χ0v) is 15.8. The summed E-state index contributed by atoms with van der Waals surface area (Å²) in [5.74, 6) is 0.649. The minimum absolute atomic E-state index is 0.0535. The summed E-state index contributed by atoms with van der Waals surface area (Å²) in [4.78, 5) is 12.4. The van der Waals surface area contributed by atoms with Crippen LogP contribution in [0.4, 0.5) is 5.69 Å². The maximum atomic E-state index is 12.4. The largest absolute Gasteiger partial charge is 0.495 e.